The Hall–Kier alpha value is -2.19. The summed E-state index contributed by atoms with van der Waals surface area (Å²) in [6, 6.07) is 6.46. The monoisotopic (exact) mass is 350 g/mol. The summed E-state index contributed by atoms with van der Waals surface area (Å²) >= 11 is 0. The lowest BCUT2D eigenvalue weighted by Crippen LogP contribution is -2.40. The van der Waals surface area contributed by atoms with Crippen LogP contribution in [0.2, 0.25) is 0 Å². The maximum Gasteiger partial charge on any atom is 0.306 e. The molecule has 2 aromatic rings. The second kappa shape index (κ2) is 6.37. The SMILES string of the molecule is Cc1nc(-c2ccc(S(=O)(=O)N3CCC(C(=O)O)CC3)cc2)co1. The minimum atomic E-state index is -3.61. The number of carboxylic acid groups (broad SMARTS) is 1. The number of benzene rings is 1. The second-order valence-electron chi connectivity index (χ2n) is 5.79. The molecule has 0 saturated carbocycles. The number of aliphatic carboxylic acids is 1. The third-order valence-corrected chi connectivity index (χ3v) is 6.12. The minimum Gasteiger partial charge on any atom is -0.481 e. The van der Waals surface area contributed by atoms with Crippen molar-refractivity contribution in [3.63, 3.8) is 0 Å². The van der Waals surface area contributed by atoms with E-state index in [4.69, 9.17) is 9.52 Å². The van der Waals surface area contributed by atoms with E-state index in [0.717, 1.165) is 5.56 Å². The number of sulfonamides is 1. The molecule has 8 heteroatoms. The van der Waals surface area contributed by atoms with Crippen molar-refractivity contribution < 1.29 is 22.7 Å². The van der Waals surface area contributed by atoms with Gasteiger partial charge in [0.1, 0.15) is 12.0 Å². The van der Waals surface area contributed by atoms with Crippen molar-refractivity contribution in [1.82, 2.24) is 9.29 Å². The first-order valence-corrected chi connectivity index (χ1v) is 9.07. The second-order valence-corrected chi connectivity index (χ2v) is 7.73. The number of piperidine rings is 1. The zero-order chi connectivity index (χ0) is 17.3. The quantitative estimate of drug-likeness (QED) is 0.906. The Morgan fingerprint density at radius 3 is 2.38 bits per heavy atom. The Morgan fingerprint density at radius 1 is 1.25 bits per heavy atom. The van der Waals surface area contributed by atoms with E-state index in [0.29, 0.717) is 24.4 Å². The molecule has 3 rings (SSSR count). The van der Waals surface area contributed by atoms with Gasteiger partial charge in [-0.25, -0.2) is 13.4 Å². The van der Waals surface area contributed by atoms with Gasteiger partial charge in [0.25, 0.3) is 0 Å². The third kappa shape index (κ3) is 3.20. The summed E-state index contributed by atoms with van der Waals surface area (Å²) in [7, 11) is -3.61. The molecule has 128 valence electrons. The zero-order valence-electron chi connectivity index (χ0n) is 13.2. The van der Waals surface area contributed by atoms with Gasteiger partial charge in [0, 0.05) is 25.6 Å². The molecule has 0 unspecified atom stereocenters. The van der Waals surface area contributed by atoms with Crippen LogP contribution < -0.4 is 0 Å². The van der Waals surface area contributed by atoms with Gasteiger partial charge in [-0.3, -0.25) is 4.79 Å². The Labute approximate surface area is 140 Å². The van der Waals surface area contributed by atoms with Crippen LogP contribution in [0.25, 0.3) is 11.3 Å². The first-order chi connectivity index (χ1) is 11.4. The summed E-state index contributed by atoms with van der Waals surface area (Å²) in [4.78, 5) is 15.4. The standard InChI is InChI=1S/C16H18N2O5S/c1-11-17-15(10-23-11)12-2-4-14(5-3-12)24(21,22)18-8-6-13(7-9-18)16(19)20/h2-5,10,13H,6-9H2,1H3,(H,19,20). The molecule has 0 amide bonds. The fraction of sp³-hybridized carbons (Fsp3) is 0.375. The minimum absolute atomic E-state index is 0.195. The molecule has 0 spiro atoms. The van der Waals surface area contributed by atoms with Crippen molar-refractivity contribution in [3.05, 3.63) is 36.4 Å². The van der Waals surface area contributed by atoms with Crippen LogP contribution in [0.4, 0.5) is 0 Å². The van der Waals surface area contributed by atoms with E-state index in [1.807, 2.05) is 0 Å². The Morgan fingerprint density at radius 2 is 1.88 bits per heavy atom. The molecule has 0 bridgehead atoms. The number of carboxylic acids is 1. The third-order valence-electron chi connectivity index (χ3n) is 4.21. The first-order valence-electron chi connectivity index (χ1n) is 7.63. The molecule has 1 aromatic carbocycles. The highest BCUT2D eigenvalue weighted by atomic mass is 32.2. The number of oxazole rings is 1. The highest BCUT2D eigenvalue weighted by Crippen LogP contribution is 2.26. The number of hydrogen-bond acceptors (Lipinski definition) is 5. The lowest BCUT2D eigenvalue weighted by Gasteiger charge is -2.29. The summed E-state index contributed by atoms with van der Waals surface area (Å²) in [5.41, 5.74) is 1.43. The van der Waals surface area contributed by atoms with Gasteiger partial charge >= 0.3 is 5.97 Å². The molecule has 1 aliphatic heterocycles. The van der Waals surface area contributed by atoms with Crippen LogP contribution in [0.15, 0.2) is 39.8 Å². The van der Waals surface area contributed by atoms with E-state index in [1.165, 1.54) is 22.7 Å². The largest absolute Gasteiger partial charge is 0.481 e. The molecule has 0 atom stereocenters. The average Bonchev–Trinajstić information content (AvgIpc) is 3.01. The van der Waals surface area contributed by atoms with Crippen LogP contribution in [0.3, 0.4) is 0 Å². The number of nitrogens with zero attached hydrogens (tertiary/aromatic N) is 2. The van der Waals surface area contributed by atoms with Gasteiger partial charge in [0.05, 0.1) is 10.8 Å². The van der Waals surface area contributed by atoms with Crippen molar-refractivity contribution in [2.45, 2.75) is 24.7 Å². The van der Waals surface area contributed by atoms with Gasteiger partial charge in [-0.1, -0.05) is 12.1 Å². The van der Waals surface area contributed by atoms with Crippen molar-refractivity contribution >= 4 is 16.0 Å². The van der Waals surface area contributed by atoms with E-state index in [9.17, 15) is 13.2 Å². The maximum atomic E-state index is 12.7. The van der Waals surface area contributed by atoms with Gasteiger partial charge < -0.3 is 9.52 Å². The fourth-order valence-electron chi connectivity index (χ4n) is 2.79. The Balaban J connectivity index is 1.77. The number of hydrogen-bond donors (Lipinski definition) is 1. The molecule has 1 aromatic heterocycles. The van der Waals surface area contributed by atoms with Gasteiger partial charge in [0.15, 0.2) is 5.89 Å². The molecule has 1 aliphatic rings. The van der Waals surface area contributed by atoms with E-state index < -0.39 is 21.9 Å². The predicted molar refractivity (Wildman–Crippen MR) is 85.8 cm³/mol. The van der Waals surface area contributed by atoms with Gasteiger partial charge in [-0.15, -0.1) is 0 Å². The Kier molecular flexibility index (Phi) is 4.42. The fourth-order valence-corrected chi connectivity index (χ4v) is 4.26. The van der Waals surface area contributed by atoms with Crippen LogP contribution in [-0.2, 0) is 14.8 Å². The van der Waals surface area contributed by atoms with Crippen LogP contribution in [0, 0.1) is 12.8 Å². The van der Waals surface area contributed by atoms with Gasteiger partial charge in [0.2, 0.25) is 10.0 Å². The maximum absolute atomic E-state index is 12.7. The van der Waals surface area contributed by atoms with E-state index in [2.05, 4.69) is 4.98 Å². The number of aryl methyl sites for hydroxylation is 1. The highest BCUT2D eigenvalue weighted by molar-refractivity contribution is 7.89. The van der Waals surface area contributed by atoms with Gasteiger partial charge in [-0.05, 0) is 25.0 Å². The Bertz CT molecular complexity index is 834. The van der Waals surface area contributed by atoms with Gasteiger partial charge in [-0.2, -0.15) is 4.31 Å². The van der Waals surface area contributed by atoms with E-state index in [-0.39, 0.29) is 18.0 Å². The molecule has 1 N–H and O–H groups in total. The molecule has 1 saturated heterocycles. The molecule has 0 aliphatic carbocycles. The molecular weight excluding hydrogens is 332 g/mol. The number of aromatic nitrogens is 1. The lowest BCUT2D eigenvalue weighted by molar-refractivity contribution is -0.142. The number of rotatable bonds is 4. The zero-order valence-corrected chi connectivity index (χ0v) is 14.0. The molecule has 7 nitrogen and oxygen atoms in total. The summed E-state index contributed by atoms with van der Waals surface area (Å²) in [6.45, 7) is 2.19. The van der Waals surface area contributed by atoms with Crippen LogP contribution in [-0.4, -0.2) is 41.9 Å². The summed E-state index contributed by atoms with van der Waals surface area (Å²) in [6.07, 6.45) is 2.20. The van der Waals surface area contributed by atoms with Crippen molar-refractivity contribution in [3.8, 4) is 11.3 Å². The van der Waals surface area contributed by atoms with Crippen LogP contribution in [0.1, 0.15) is 18.7 Å². The molecule has 0 radical (unpaired) electrons. The average molecular weight is 350 g/mol. The van der Waals surface area contributed by atoms with Crippen molar-refractivity contribution in [2.75, 3.05) is 13.1 Å². The summed E-state index contributed by atoms with van der Waals surface area (Å²) in [5.74, 6) is -0.781. The first kappa shape index (κ1) is 16.7. The molecular formula is C16H18N2O5S. The van der Waals surface area contributed by atoms with Crippen LogP contribution in [0.5, 0.6) is 0 Å². The van der Waals surface area contributed by atoms with E-state index in [1.54, 1.807) is 19.1 Å². The van der Waals surface area contributed by atoms with Crippen molar-refractivity contribution in [1.29, 1.82) is 0 Å². The topological polar surface area (TPSA) is 101 Å². The molecule has 2 heterocycles. The molecule has 1 fully saturated rings. The molecule has 24 heavy (non-hydrogen) atoms. The number of carbonyl (C=O) groups is 1. The van der Waals surface area contributed by atoms with Crippen molar-refractivity contribution in [2.24, 2.45) is 5.92 Å². The smallest absolute Gasteiger partial charge is 0.306 e. The predicted octanol–water partition coefficient (Wildman–Crippen LogP) is 2.14. The summed E-state index contributed by atoms with van der Waals surface area (Å²) in [5, 5.41) is 9.00. The lowest BCUT2D eigenvalue weighted by atomic mass is 9.99. The van der Waals surface area contributed by atoms with Crippen LogP contribution >= 0.6 is 0 Å². The normalized spacial score (nSPS) is 17.0. The van der Waals surface area contributed by atoms with E-state index >= 15 is 0 Å². The highest BCUT2D eigenvalue weighted by Gasteiger charge is 2.31. The summed E-state index contributed by atoms with van der Waals surface area (Å²) < 4.78 is 31.8.